The van der Waals surface area contributed by atoms with Crippen LogP contribution in [0.1, 0.15) is 25.3 Å². The van der Waals surface area contributed by atoms with Crippen molar-refractivity contribution < 1.29 is 19.8 Å². The van der Waals surface area contributed by atoms with Crippen LogP contribution in [-0.4, -0.2) is 34.8 Å². The Morgan fingerprint density at radius 2 is 1.90 bits per heavy atom. The van der Waals surface area contributed by atoms with Crippen molar-refractivity contribution in [3.8, 4) is 5.75 Å². The molecule has 0 aromatic heterocycles. The lowest BCUT2D eigenvalue weighted by molar-refractivity contribution is -0.139. The van der Waals surface area contributed by atoms with Crippen molar-refractivity contribution in [1.29, 1.82) is 0 Å². The number of carbonyl (C=O) groups is 2. The topological polar surface area (TPSA) is 98.7 Å². The lowest BCUT2D eigenvalue weighted by Gasteiger charge is -2.16. The smallest absolute Gasteiger partial charge is 0.326 e. The number of phenolic OH excluding ortho intramolecular Hbond substituents is 1. The zero-order valence-corrected chi connectivity index (χ0v) is 11.9. The molecule has 1 aliphatic rings. The number of urea groups is 1. The highest BCUT2D eigenvalue weighted by molar-refractivity contribution is 5.82. The normalized spacial score (nSPS) is 16.8. The molecule has 0 heterocycles. The van der Waals surface area contributed by atoms with Crippen molar-refractivity contribution in [2.45, 2.75) is 32.2 Å². The van der Waals surface area contributed by atoms with Crippen LogP contribution in [0.2, 0.25) is 0 Å². The molecule has 2 rings (SSSR count). The van der Waals surface area contributed by atoms with E-state index in [0.717, 1.165) is 18.4 Å². The minimum Gasteiger partial charge on any atom is -0.508 e. The van der Waals surface area contributed by atoms with Crippen molar-refractivity contribution in [3.05, 3.63) is 29.8 Å². The Morgan fingerprint density at radius 3 is 2.43 bits per heavy atom. The number of hydrogen-bond acceptors (Lipinski definition) is 3. The zero-order chi connectivity index (χ0) is 15.5. The Balaban J connectivity index is 1.87. The first kappa shape index (κ1) is 15.2. The summed E-state index contributed by atoms with van der Waals surface area (Å²) in [6, 6.07) is 4.78. The number of carboxylic acid groups (broad SMARTS) is 1. The van der Waals surface area contributed by atoms with Crippen LogP contribution in [0.5, 0.6) is 5.75 Å². The maximum absolute atomic E-state index is 11.8. The molecule has 6 heteroatoms. The van der Waals surface area contributed by atoms with Crippen molar-refractivity contribution in [1.82, 2.24) is 10.6 Å². The third kappa shape index (κ3) is 4.66. The molecule has 114 valence electrons. The first-order valence-corrected chi connectivity index (χ1v) is 6.93. The Morgan fingerprint density at radius 1 is 1.29 bits per heavy atom. The first-order chi connectivity index (χ1) is 9.88. The summed E-state index contributed by atoms with van der Waals surface area (Å²) in [7, 11) is 0. The summed E-state index contributed by atoms with van der Waals surface area (Å²) in [6.07, 6.45) is 2.34. The Labute approximate surface area is 123 Å². The highest BCUT2D eigenvalue weighted by Gasteiger charge is 2.37. The minimum atomic E-state index is -1.09. The molecule has 1 fully saturated rings. The second kappa shape index (κ2) is 6.03. The van der Waals surface area contributed by atoms with E-state index < -0.39 is 18.0 Å². The third-order valence-corrected chi connectivity index (χ3v) is 3.76. The lowest BCUT2D eigenvalue weighted by Crippen LogP contribution is -2.48. The summed E-state index contributed by atoms with van der Waals surface area (Å²) < 4.78 is 0. The monoisotopic (exact) mass is 292 g/mol. The van der Waals surface area contributed by atoms with Crippen LogP contribution in [0.3, 0.4) is 0 Å². The van der Waals surface area contributed by atoms with Gasteiger partial charge in [-0.3, -0.25) is 0 Å². The van der Waals surface area contributed by atoms with Gasteiger partial charge >= 0.3 is 12.0 Å². The molecular formula is C15H20N2O4. The number of aromatic hydroxyl groups is 1. The molecule has 1 aliphatic carbocycles. The second-order valence-electron chi connectivity index (χ2n) is 5.90. The van der Waals surface area contributed by atoms with Crippen LogP contribution in [0.4, 0.5) is 4.79 Å². The maximum Gasteiger partial charge on any atom is 0.326 e. The van der Waals surface area contributed by atoms with E-state index in [0.29, 0.717) is 6.54 Å². The highest BCUT2D eigenvalue weighted by Crippen LogP contribution is 2.43. The van der Waals surface area contributed by atoms with Gasteiger partial charge in [0.2, 0.25) is 0 Å². The largest absolute Gasteiger partial charge is 0.508 e. The van der Waals surface area contributed by atoms with E-state index in [9.17, 15) is 19.8 Å². The molecule has 1 aromatic rings. The summed E-state index contributed by atoms with van der Waals surface area (Å²) in [4.78, 5) is 23.0. The van der Waals surface area contributed by atoms with Gasteiger partial charge in [-0.15, -0.1) is 0 Å². The molecule has 0 spiro atoms. The van der Waals surface area contributed by atoms with Crippen LogP contribution < -0.4 is 10.6 Å². The fourth-order valence-corrected chi connectivity index (χ4v) is 1.96. The number of rotatable bonds is 6. The molecular weight excluding hydrogens is 272 g/mol. The number of aliphatic carboxylic acids is 1. The summed E-state index contributed by atoms with van der Waals surface area (Å²) in [6.45, 7) is 2.64. The number of phenols is 1. The van der Waals surface area contributed by atoms with Gasteiger partial charge in [0.05, 0.1) is 0 Å². The number of amides is 2. The van der Waals surface area contributed by atoms with Gasteiger partial charge in [0, 0.05) is 13.0 Å². The summed E-state index contributed by atoms with van der Waals surface area (Å²) in [5.41, 5.74) is 0.905. The van der Waals surface area contributed by atoms with E-state index in [1.54, 1.807) is 12.1 Å². The van der Waals surface area contributed by atoms with Crippen molar-refractivity contribution >= 4 is 12.0 Å². The van der Waals surface area contributed by atoms with Gasteiger partial charge in [0.15, 0.2) is 0 Å². The number of hydrogen-bond donors (Lipinski definition) is 4. The quantitative estimate of drug-likeness (QED) is 0.638. The van der Waals surface area contributed by atoms with Gasteiger partial charge in [-0.25, -0.2) is 9.59 Å². The first-order valence-electron chi connectivity index (χ1n) is 6.93. The van der Waals surface area contributed by atoms with Gasteiger partial charge in [-0.1, -0.05) is 19.1 Å². The number of benzene rings is 1. The fraction of sp³-hybridized carbons (Fsp3) is 0.467. The van der Waals surface area contributed by atoms with Crippen LogP contribution in [0.15, 0.2) is 24.3 Å². The molecule has 21 heavy (non-hydrogen) atoms. The number of carbonyl (C=O) groups excluding carboxylic acids is 1. The molecule has 0 aliphatic heterocycles. The van der Waals surface area contributed by atoms with Gasteiger partial charge in [0.25, 0.3) is 0 Å². The molecule has 1 aromatic carbocycles. The van der Waals surface area contributed by atoms with Crippen LogP contribution in [0, 0.1) is 5.41 Å². The van der Waals surface area contributed by atoms with Gasteiger partial charge in [-0.2, -0.15) is 0 Å². The van der Waals surface area contributed by atoms with Crippen LogP contribution in [-0.2, 0) is 11.2 Å². The molecule has 1 saturated carbocycles. The van der Waals surface area contributed by atoms with E-state index in [1.165, 1.54) is 12.1 Å². The Hall–Kier alpha value is -2.24. The van der Waals surface area contributed by atoms with E-state index in [-0.39, 0.29) is 17.6 Å². The fourth-order valence-electron chi connectivity index (χ4n) is 1.96. The molecule has 0 saturated heterocycles. The molecule has 2 amide bonds. The molecule has 1 unspecified atom stereocenters. The SMILES string of the molecule is CC1(CNC(=O)NC(Cc2ccc(O)cc2)C(=O)O)CC1. The van der Waals surface area contributed by atoms with Crippen molar-refractivity contribution in [2.24, 2.45) is 5.41 Å². The summed E-state index contributed by atoms with van der Waals surface area (Å²) in [5, 5.41) is 23.6. The van der Waals surface area contributed by atoms with Gasteiger partial charge in [-0.05, 0) is 36.0 Å². The lowest BCUT2D eigenvalue weighted by atomic mass is 10.1. The molecule has 4 N–H and O–H groups in total. The highest BCUT2D eigenvalue weighted by atomic mass is 16.4. The number of nitrogens with one attached hydrogen (secondary N) is 2. The average Bonchev–Trinajstić information content (AvgIpc) is 3.17. The van der Waals surface area contributed by atoms with Gasteiger partial charge < -0.3 is 20.8 Å². The molecule has 0 bridgehead atoms. The van der Waals surface area contributed by atoms with Crippen molar-refractivity contribution in [2.75, 3.05) is 6.54 Å². The molecule has 0 radical (unpaired) electrons. The minimum absolute atomic E-state index is 0.119. The van der Waals surface area contributed by atoms with Crippen molar-refractivity contribution in [3.63, 3.8) is 0 Å². The Bertz CT molecular complexity index is 523. The average molecular weight is 292 g/mol. The predicted octanol–water partition coefficient (Wildman–Crippen LogP) is 1.49. The molecule has 1 atom stereocenters. The van der Waals surface area contributed by atoms with E-state index in [4.69, 9.17) is 0 Å². The molecule has 6 nitrogen and oxygen atoms in total. The second-order valence-corrected chi connectivity index (χ2v) is 5.90. The van der Waals surface area contributed by atoms with E-state index in [2.05, 4.69) is 17.6 Å². The zero-order valence-electron chi connectivity index (χ0n) is 11.9. The predicted molar refractivity (Wildman–Crippen MR) is 77.1 cm³/mol. The van der Waals surface area contributed by atoms with E-state index >= 15 is 0 Å². The third-order valence-electron chi connectivity index (χ3n) is 3.76. The van der Waals surface area contributed by atoms with Gasteiger partial charge in [0.1, 0.15) is 11.8 Å². The van der Waals surface area contributed by atoms with E-state index in [1.807, 2.05) is 0 Å². The standard InChI is InChI=1S/C15H20N2O4/c1-15(6-7-15)9-16-14(21)17-12(13(19)20)8-10-2-4-11(18)5-3-10/h2-5,12,18H,6-9H2,1H3,(H,19,20)(H2,16,17,21). The summed E-state index contributed by atoms with van der Waals surface area (Å²) in [5.74, 6) is -0.968. The number of carboxylic acids is 1. The maximum atomic E-state index is 11.8. The van der Waals surface area contributed by atoms with Crippen LogP contribution in [0.25, 0.3) is 0 Å². The van der Waals surface area contributed by atoms with Crippen LogP contribution >= 0.6 is 0 Å². The summed E-state index contributed by atoms with van der Waals surface area (Å²) >= 11 is 0. The Kier molecular flexibility index (Phi) is 4.35.